The first kappa shape index (κ1) is 15.6. The second kappa shape index (κ2) is 6.46. The first-order valence-corrected chi connectivity index (χ1v) is 9.07. The Labute approximate surface area is 136 Å². The van der Waals surface area contributed by atoms with Gasteiger partial charge in [-0.3, -0.25) is 0 Å². The summed E-state index contributed by atoms with van der Waals surface area (Å²) in [6, 6.07) is 11.6. The highest BCUT2D eigenvalue weighted by Gasteiger charge is 2.21. The zero-order valence-electron chi connectivity index (χ0n) is 12.9. The van der Waals surface area contributed by atoms with Gasteiger partial charge in [-0.05, 0) is 37.1 Å². The van der Waals surface area contributed by atoms with Gasteiger partial charge in [0.25, 0.3) is 0 Å². The highest BCUT2D eigenvalue weighted by molar-refractivity contribution is 7.91. The second-order valence-corrected chi connectivity index (χ2v) is 7.44. The fourth-order valence-electron chi connectivity index (χ4n) is 2.60. The Morgan fingerprint density at radius 1 is 1.04 bits per heavy atom. The number of rotatable bonds is 4. The second-order valence-electron chi connectivity index (χ2n) is 5.54. The Bertz CT molecular complexity index is 838. The van der Waals surface area contributed by atoms with Crippen LogP contribution in [0.3, 0.4) is 0 Å². The summed E-state index contributed by atoms with van der Waals surface area (Å²) in [6.07, 6.45) is 8.33. The van der Waals surface area contributed by atoms with Crippen LogP contribution in [0.4, 0.5) is 0 Å². The summed E-state index contributed by atoms with van der Waals surface area (Å²) < 4.78 is 25.0. The number of sulfone groups is 1. The van der Waals surface area contributed by atoms with Gasteiger partial charge < -0.3 is 0 Å². The summed E-state index contributed by atoms with van der Waals surface area (Å²) >= 11 is 0. The van der Waals surface area contributed by atoms with Crippen LogP contribution in [0.15, 0.2) is 76.2 Å². The highest BCUT2D eigenvalue weighted by Crippen LogP contribution is 2.28. The molecule has 3 rings (SSSR count). The van der Waals surface area contributed by atoms with Gasteiger partial charge in [0, 0.05) is 5.92 Å². The Morgan fingerprint density at radius 3 is 2.43 bits per heavy atom. The lowest BCUT2D eigenvalue weighted by Gasteiger charge is -2.16. The van der Waals surface area contributed by atoms with Crippen LogP contribution in [0, 0.1) is 0 Å². The molecule has 1 aliphatic carbocycles. The molecule has 0 aliphatic heterocycles. The minimum absolute atomic E-state index is 0.0165. The van der Waals surface area contributed by atoms with E-state index in [1.54, 1.807) is 42.5 Å². The molecule has 118 valence electrons. The van der Waals surface area contributed by atoms with Crippen LogP contribution in [0.2, 0.25) is 0 Å². The Balaban J connectivity index is 1.88. The first-order chi connectivity index (χ1) is 11.1. The van der Waals surface area contributed by atoms with Crippen LogP contribution in [0.1, 0.15) is 31.4 Å². The molecule has 0 N–H and O–H groups in total. The summed E-state index contributed by atoms with van der Waals surface area (Å²) in [4.78, 5) is 0.232. The number of allylic oxidation sites excluding steroid dienone is 4. The number of benzene rings is 1. The van der Waals surface area contributed by atoms with E-state index in [4.69, 9.17) is 0 Å². The summed E-state index contributed by atoms with van der Waals surface area (Å²) in [7, 11) is -3.61. The quantitative estimate of drug-likeness (QED) is 0.860. The number of aromatic nitrogens is 2. The maximum absolute atomic E-state index is 12.5. The molecule has 1 heterocycles. The lowest BCUT2D eigenvalue weighted by Crippen LogP contribution is -2.09. The molecule has 5 heteroatoms. The molecular weight excluding hydrogens is 308 g/mol. The van der Waals surface area contributed by atoms with Crippen LogP contribution in [0.5, 0.6) is 0 Å². The molecule has 1 atom stereocenters. The molecule has 4 nitrogen and oxygen atoms in total. The zero-order valence-corrected chi connectivity index (χ0v) is 13.7. The van der Waals surface area contributed by atoms with Crippen molar-refractivity contribution < 1.29 is 8.42 Å². The summed E-state index contributed by atoms with van der Waals surface area (Å²) in [5.41, 5.74) is 2.08. The van der Waals surface area contributed by atoms with E-state index in [1.165, 1.54) is 5.57 Å². The maximum atomic E-state index is 12.5. The number of hydrogen-bond donors (Lipinski definition) is 0. The fourth-order valence-corrected chi connectivity index (χ4v) is 3.75. The van der Waals surface area contributed by atoms with E-state index in [9.17, 15) is 8.42 Å². The molecule has 1 aromatic carbocycles. The van der Waals surface area contributed by atoms with Crippen molar-refractivity contribution in [2.24, 2.45) is 0 Å². The van der Waals surface area contributed by atoms with Gasteiger partial charge in [-0.25, -0.2) is 8.42 Å². The van der Waals surface area contributed by atoms with Crippen molar-refractivity contribution in [3.05, 3.63) is 72.0 Å². The van der Waals surface area contributed by atoms with Crippen LogP contribution < -0.4 is 0 Å². The fraction of sp³-hybridized carbons (Fsp3) is 0.222. The minimum Gasteiger partial charge on any atom is -0.217 e. The van der Waals surface area contributed by atoms with Crippen molar-refractivity contribution in [2.45, 2.75) is 35.6 Å². The van der Waals surface area contributed by atoms with Crippen LogP contribution >= 0.6 is 0 Å². The van der Waals surface area contributed by atoms with E-state index in [-0.39, 0.29) is 15.8 Å². The summed E-state index contributed by atoms with van der Waals surface area (Å²) in [6.45, 7) is 2.07. The van der Waals surface area contributed by atoms with Crippen molar-refractivity contribution >= 4 is 9.84 Å². The maximum Gasteiger partial charge on any atom is 0.225 e. The molecule has 0 fully saturated rings. The van der Waals surface area contributed by atoms with E-state index in [2.05, 4.69) is 35.3 Å². The predicted octanol–water partition coefficient (Wildman–Crippen LogP) is 3.69. The Morgan fingerprint density at radius 2 is 1.83 bits per heavy atom. The molecule has 0 saturated carbocycles. The molecule has 0 spiro atoms. The molecule has 23 heavy (non-hydrogen) atoms. The first-order valence-electron chi connectivity index (χ1n) is 7.58. The van der Waals surface area contributed by atoms with Crippen molar-refractivity contribution in [2.75, 3.05) is 0 Å². The molecular formula is C18H18N2O2S. The molecule has 0 saturated heterocycles. The van der Waals surface area contributed by atoms with Gasteiger partial charge in [0.2, 0.25) is 9.84 Å². The van der Waals surface area contributed by atoms with Crippen molar-refractivity contribution in [1.82, 2.24) is 10.2 Å². The van der Waals surface area contributed by atoms with E-state index < -0.39 is 9.84 Å². The third-order valence-corrected chi connectivity index (χ3v) is 5.70. The van der Waals surface area contributed by atoms with Gasteiger partial charge >= 0.3 is 0 Å². The molecule has 0 amide bonds. The van der Waals surface area contributed by atoms with Gasteiger partial charge in [0.1, 0.15) is 0 Å². The van der Waals surface area contributed by atoms with E-state index in [0.717, 1.165) is 18.5 Å². The third-order valence-electron chi connectivity index (χ3n) is 4.04. The van der Waals surface area contributed by atoms with E-state index in [1.807, 2.05) is 0 Å². The predicted molar refractivity (Wildman–Crippen MR) is 88.8 cm³/mol. The molecule has 0 bridgehead atoms. The van der Waals surface area contributed by atoms with E-state index >= 15 is 0 Å². The average Bonchev–Trinajstić information content (AvgIpc) is 2.63. The van der Waals surface area contributed by atoms with Crippen molar-refractivity contribution in [3.8, 4) is 0 Å². The summed E-state index contributed by atoms with van der Waals surface area (Å²) in [5.74, 6) is 0.140. The van der Waals surface area contributed by atoms with Crippen molar-refractivity contribution in [3.63, 3.8) is 0 Å². The molecule has 1 aromatic heterocycles. The standard InChI is InChI=1S/C18H18N2O2S/c1-14(15-8-4-2-5-9-15)17-12-13-18(20-19-17)23(21,22)16-10-6-3-7-11-16/h2-4,6-8,10-14H,5,9H2,1H3. The zero-order chi connectivity index (χ0) is 16.3. The Kier molecular flexibility index (Phi) is 4.39. The minimum atomic E-state index is -3.61. The average molecular weight is 326 g/mol. The van der Waals surface area contributed by atoms with Crippen LogP contribution in [-0.4, -0.2) is 18.6 Å². The number of hydrogen-bond acceptors (Lipinski definition) is 4. The van der Waals surface area contributed by atoms with Gasteiger partial charge in [-0.15, -0.1) is 5.10 Å². The summed E-state index contributed by atoms with van der Waals surface area (Å²) in [5, 5.41) is 8.09. The normalized spacial score (nSPS) is 16.0. The van der Waals surface area contributed by atoms with Crippen LogP contribution in [-0.2, 0) is 9.84 Å². The molecule has 0 radical (unpaired) electrons. The highest BCUT2D eigenvalue weighted by atomic mass is 32.2. The molecule has 2 aromatic rings. The molecule has 1 unspecified atom stereocenters. The number of nitrogens with zero attached hydrogens (tertiary/aromatic N) is 2. The molecule has 1 aliphatic rings. The van der Waals surface area contributed by atoms with Gasteiger partial charge in [-0.2, -0.15) is 5.10 Å². The lowest BCUT2D eigenvalue weighted by molar-refractivity contribution is 0.589. The largest absolute Gasteiger partial charge is 0.225 e. The lowest BCUT2D eigenvalue weighted by atomic mass is 9.91. The topological polar surface area (TPSA) is 59.9 Å². The van der Waals surface area contributed by atoms with Crippen molar-refractivity contribution in [1.29, 1.82) is 0 Å². The van der Waals surface area contributed by atoms with Gasteiger partial charge in [-0.1, -0.05) is 48.9 Å². The van der Waals surface area contributed by atoms with E-state index in [0.29, 0.717) is 0 Å². The Hall–Kier alpha value is -2.27. The monoisotopic (exact) mass is 326 g/mol. The van der Waals surface area contributed by atoms with Gasteiger partial charge in [0.15, 0.2) is 5.03 Å². The van der Waals surface area contributed by atoms with Gasteiger partial charge in [0.05, 0.1) is 10.6 Å². The van der Waals surface area contributed by atoms with Crippen LogP contribution in [0.25, 0.3) is 0 Å². The smallest absolute Gasteiger partial charge is 0.217 e. The SMILES string of the molecule is CC(C1=CC=CCC1)c1ccc(S(=O)(=O)c2ccccc2)nn1. The third kappa shape index (κ3) is 3.24.